The fourth-order valence-electron chi connectivity index (χ4n) is 2.40. The molecular formula is C15H22N2O2Si. The molecule has 2 rings (SSSR count). The van der Waals surface area contributed by atoms with Crippen LogP contribution in [0.4, 0.5) is 4.79 Å². The molecule has 1 aliphatic heterocycles. The number of carbonyl (C=O) groups is 2. The Balaban J connectivity index is 2.33. The summed E-state index contributed by atoms with van der Waals surface area (Å²) in [6.07, 6.45) is 0.555. The van der Waals surface area contributed by atoms with Gasteiger partial charge in [-0.05, 0) is 19.4 Å². The molecule has 1 atom stereocenters. The van der Waals surface area contributed by atoms with E-state index >= 15 is 0 Å². The van der Waals surface area contributed by atoms with Gasteiger partial charge in [-0.3, -0.25) is 9.69 Å². The molecule has 1 unspecified atom stereocenters. The number of amides is 3. The number of carbonyl (C=O) groups excluding carboxylic acids is 2. The lowest BCUT2D eigenvalue weighted by Crippen LogP contribution is -2.45. The van der Waals surface area contributed by atoms with Crippen LogP contribution in [0, 0.1) is 6.92 Å². The molecule has 1 aromatic carbocycles. The van der Waals surface area contributed by atoms with E-state index in [1.165, 1.54) is 4.90 Å². The van der Waals surface area contributed by atoms with E-state index in [0.717, 1.165) is 11.1 Å². The highest BCUT2D eigenvalue weighted by Crippen LogP contribution is 2.29. The van der Waals surface area contributed by atoms with E-state index in [1.807, 2.05) is 31.2 Å². The highest BCUT2D eigenvalue weighted by Gasteiger charge is 2.49. The van der Waals surface area contributed by atoms with Gasteiger partial charge in [-0.15, -0.1) is 0 Å². The molecule has 0 aromatic heterocycles. The van der Waals surface area contributed by atoms with E-state index in [9.17, 15) is 9.59 Å². The summed E-state index contributed by atoms with van der Waals surface area (Å²) in [7, 11) is -1.53. The first-order valence-corrected chi connectivity index (χ1v) is 10.6. The van der Waals surface area contributed by atoms with Crippen LogP contribution in [0.2, 0.25) is 19.6 Å². The maximum Gasteiger partial charge on any atom is 0.325 e. The molecule has 0 saturated carbocycles. The van der Waals surface area contributed by atoms with Gasteiger partial charge in [0.2, 0.25) is 0 Å². The number of imide groups is 1. The van der Waals surface area contributed by atoms with Crippen molar-refractivity contribution >= 4 is 20.0 Å². The first-order chi connectivity index (χ1) is 9.13. The zero-order chi connectivity index (χ0) is 15.1. The van der Waals surface area contributed by atoms with Crippen LogP contribution in [0.25, 0.3) is 0 Å². The number of aryl methyl sites for hydroxylation is 1. The summed E-state index contributed by atoms with van der Waals surface area (Å²) in [5.41, 5.74) is 1.03. The minimum atomic E-state index is -1.53. The van der Waals surface area contributed by atoms with Gasteiger partial charge in [-0.25, -0.2) is 4.79 Å². The summed E-state index contributed by atoms with van der Waals surface area (Å²) in [5.74, 6) is -0.145. The molecule has 4 nitrogen and oxygen atoms in total. The van der Waals surface area contributed by atoms with Gasteiger partial charge in [0.15, 0.2) is 0 Å². The van der Waals surface area contributed by atoms with Crippen molar-refractivity contribution in [3.63, 3.8) is 0 Å². The average Bonchev–Trinajstić information content (AvgIpc) is 2.53. The van der Waals surface area contributed by atoms with Gasteiger partial charge < -0.3 is 5.32 Å². The van der Waals surface area contributed by atoms with Crippen molar-refractivity contribution in [1.29, 1.82) is 0 Å². The molecular weight excluding hydrogens is 268 g/mol. The van der Waals surface area contributed by atoms with Crippen molar-refractivity contribution in [2.24, 2.45) is 0 Å². The Kier molecular flexibility index (Phi) is 3.50. The SMILES string of the molecule is Cc1ccc(C2(C)NC(=O)N(C[Si](C)(C)C)C2=O)cc1. The lowest BCUT2D eigenvalue weighted by Gasteiger charge is -2.25. The highest BCUT2D eigenvalue weighted by atomic mass is 28.3. The number of nitrogens with one attached hydrogen (secondary N) is 1. The van der Waals surface area contributed by atoms with Crippen LogP contribution >= 0.6 is 0 Å². The minimum absolute atomic E-state index is 0.145. The third-order valence-corrected chi connectivity index (χ3v) is 4.80. The monoisotopic (exact) mass is 290 g/mol. The van der Waals surface area contributed by atoms with Crippen LogP contribution in [0.3, 0.4) is 0 Å². The number of rotatable bonds is 3. The Bertz CT molecular complexity index is 548. The summed E-state index contributed by atoms with van der Waals surface area (Å²) in [4.78, 5) is 26.2. The molecule has 0 radical (unpaired) electrons. The summed E-state index contributed by atoms with van der Waals surface area (Å²) >= 11 is 0. The lowest BCUT2D eigenvalue weighted by atomic mass is 9.91. The van der Waals surface area contributed by atoms with Crippen LogP contribution < -0.4 is 5.32 Å². The zero-order valence-electron chi connectivity index (χ0n) is 12.8. The van der Waals surface area contributed by atoms with Gasteiger partial charge in [-0.1, -0.05) is 49.5 Å². The first-order valence-electron chi connectivity index (χ1n) is 6.85. The third-order valence-electron chi connectivity index (χ3n) is 3.54. The normalized spacial score (nSPS) is 23.1. The summed E-state index contributed by atoms with van der Waals surface area (Å²) in [5, 5.41) is 2.85. The van der Waals surface area contributed by atoms with Crippen molar-refractivity contribution < 1.29 is 9.59 Å². The molecule has 1 heterocycles. The van der Waals surface area contributed by atoms with E-state index < -0.39 is 13.6 Å². The van der Waals surface area contributed by atoms with Crippen LogP contribution in [0.1, 0.15) is 18.1 Å². The summed E-state index contributed by atoms with van der Waals surface area (Å²) in [6.45, 7) is 10.2. The molecule has 0 bridgehead atoms. The quantitative estimate of drug-likeness (QED) is 0.687. The summed E-state index contributed by atoms with van der Waals surface area (Å²) in [6, 6.07) is 7.46. The molecule has 5 heteroatoms. The van der Waals surface area contributed by atoms with Crippen molar-refractivity contribution in [2.75, 3.05) is 6.17 Å². The maximum atomic E-state index is 12.7. The average molecular weight is 290 g/mol. The van der Waals surface area contributed by atoms with E-state index in [0.29, 0.717) is 6.17 Å². The van der Waals surface area contributed by atoms with Crippen molar-refractivity contribution in [1.82, 2.24) is 10.2 Å². The van der Waals surface area contributed by atoms with Crippen LogP contribution in [-0.4, -0.2) is 31.1 Å². The molecule has 1 saturated heterocycles. The molecule has 108 valence electrons. The predicted octanol–water partition coefficient (Wildman–Crippen LogP) is 2.64. The van der Waals surface area contributed by atoms with Crippen LogP contribution in [0.5, 0.6) is 0 Å². The molecule has 1 aromatic rings. The Labute approximate surface area is 121 Å². The Hall–Kier alpha value is -1.62. The largest absolute Gasteiger partial charge is 0.325 e. The molecule has 1 aliphatic rings. The minimum Gasteiger partial charge on any atom is -0.319 e. The summed E-state index contributed by atoms with van der Waals surface area (Å²) < 4.78 is 0. The van der Waals surface area contributed by atoms with Gasteiger partial charge in [0.05, 0.1) is 8.07 Å². The van der Waals surface area contributed by atoms with Crippen molar-refractivity contribution in [3.8, 4) is 0 Å². The Morgan fingerprint density at radius 2 is 1.70 bits per heavy atom. The molecule has 0 aliphatic carbocycles. The van der Waals surface area contributed by atoms with E-state index in [-0.39, 0.29) is 11.9 Å². The standard InChI is InChI=1S/C15H22N2O2Si/c1-11-6-8-12(9-7-11)15(2)13(18)17(14(19)16-15)10-20(3,4)5/h6-9H,10H2,1-5H3,(H,16,19). The van der Waals surface area contributed by atoms with Gasteiger partial charge in [-0.2, -0.15) is 0 Å². The number of benzene rings is 1. The molecule has 0 spiro atoms. The van der Waals surface area contributed by atoms with Crippen molar-refractivity contribution in [3.05, 3.63) is 35.4 Å². The highest BCUT2D eigenvalue weighted by molar-refractivity contribution is 6.76. The smallest absolute Gasteiger partial charge is 0.319 e. The lowest BCUT2D eigenvalue weighted by molar-refractivity contribution is -0.130. The van der Waals surface area contributed by atoms with E-state index in [1.54, 1.807) is 6.92 Å². The second kappa shape index (κ2) is 4.73. The molecule has 1 N–H and O–H groups in total. The Morgan fingerprint density at radius 1 is 1.15 bits per heavy atom. The maximum absolute atomic E-state index is 12.7. The third kappa shape index (κ3) is 2.63. The first kappa shape index (κ1) is 14.8. The van der Waals surface area contributed by atoms with Crippen LogP contribution in [0.15, 0.2) is 24.3 Å². The molecule has 3 amide bonds. The van der Waals surface area contributed by atoms with Gasteiger partial charge in [0.1, 0.15) is 5.54 Å². The second-order valence-electron chi connectivity index (χ2n) is 6.87. The fraction of sp³-hybridized carbons (Fsp3) is 0.467. The van der Waals surface area contributed by atoms with E-state index in [4.69, 9.17) is 0 Å². The van der Waals surface area contributed by atoms with Gasteiger partial charge in [0.25, 0.3) is 5.91 Å². The van der Waals surface area contributed by atoms with Crippen LogP contribution in [-0.2, 0) is 10.3 Å². The van der Waals surface area contributed by atoms with Gasteiger partial charge >= 0.3 is 6.03 Å². The topological polar surface area (TPSA) is 49.4 Å². The van der Waals surface area contributed by atoms with E-state index in [2.05, 4.69) is 25.0 Å². The molecule has 20 heavy (non-hydrogen) atoms. The fourth-order valence-corrected chi connectivity index (χ4v) is 3.63. The number of hydrogen-bond donors (Lipinski definition) is 1. The predicted molar refractivity (Wildman–Crippen MR) is 82.1 cm³/mol. The number of urea groups is 1. The Morgan fingerprint density at radius 3 is 2.20 bits per heavy atom. The number of nitrogens with zero attached hydrogens (tertiary/aromatic N) is 1. The second-order valence-corrected chi connectivity index (χ2v) is 12.3. The van der Waals surface area contributed by atoms with Crippen molar-refractivity contribution in [2.45, 2.75) is 39.0 Å². The zero-order valence-corrected chi connectivity index (χ0v) is 13.8. The number of hydrogen-bond acceptors (Lipinski definition) is 2. The molecule has 1 fully saturated rings. The van der Waals surface area contributed by atoms with Gasteiger partial charge in [0, 0.05) is 6.17 Å².